The van der Waals surface area contributed by atoms with E-state index < -0.39 is 0 Å². The van der Waals surface area contributed by atoms with Gasteiger partial charge in [-0.05, 0) is 50.2 Å². The van der Waals surface area contributed by atoms with Crippen LogP contribution in [0.2, 0.25) is 0 Å². The molecule has 0 amide bonds. The van der Waals surface area contributed by atoms with Crippen LogP contribution in [0.25, 0.3) is 16.6 Å². The van der Waals surface area contributed by atoms with Crippen LogP contribution >= 0.6 is 0 Å². The van der Waals surface area contributed by atoms with E-state index in [1.54, 1.807) is 0 Å². The number of hydrogen-bond donors (Lipinski definition) is 3. The lowest BCUT2D eigenvalue weighted by Gasteiger charge is -2.29. The zero-order chi connectivity index (χ0) is 19.6. The Bertz CT molecular complexity index is 1100. The Kier molecular flexibility index (Phi) is 3.60. The molecule has 7 nitrogen and oxygen atoms in total. The van der Waals surface area contributed by atoms with Crippen molar-refractivity contribution < 1.29 is 4.79 Å². The number of H-pyrrole nitrogens is 1. The van der Waals surface area contributed by atoms with Crippen molar-refractivity contribution in [2.24, 2.45) is 5.41 Å². The number of aromatic nitrogens is 4. The molecule has 0 atom stereocenters. The highest BCUT2D eigenvalue weighted by molar-refractivity contribution is 6.02. The molecule has 1 saturated carbocycles. The fraction of sp³-hybridized carbons (Fsp3) is 0.476. The molecule has 2 aliphatic carbocycles. The molecule has 7 heteroatoms. The number of anilines is 2. The molecular formula is C21H26N6O. The number of fused-ring (bicyclic) bond motifs is 2. The molecule has 2 aromatic heterocycles. The van der Waals surface area contributed by atoms with E-state index in [9.17, 15) is 4.79 Å². The second-order valence-corrected chi connectivity index (χ2v) is 9.06. The van der Waals surface area contributed by atoms with Crippen LogP contribution in [0.3, 0.4) is 0 Å². The molecule has 0 bridgehead atoms. The molecule has 3 aromatic rings. The van der Waals surface area contributed by atoms with E-state index in [0.717, 1.165) is 45.6 Å². The van der Waals surface area contributed by atoms with Gasteiger partial charge in [-0.25, -0.2) is 4.68 Å². The van der Waals surface area contributed by atoms with E-state index in [4.69, 9.17) is 10.8 Å². The first-order valence-electron chi connectivity index (χ1n) is 9.98. The lowest BCUT2D eigenvalue weighted by molar-refractivity contribution is 0.0910. The van der Waals surface area contributed by atoms with Crippen molar-refractivity contribution in [1.82, 2.24) is 20.0 Å². The Morgan fingerprint density at radius 1 is 1.29 bits per heavy atom. The SMILES string of the molecule is Cc1nn(-c2cc(NC3CCC3)c3c(N)n[nH]c3c2)c2c1C(=O)CC(C)(C)C2. The van der Waals surface area contributed by atoms with Gasteiger partial charge in [0.1, 0.15) is 0 Å². The summed E-state index contributed by atoms with van der Waals surface area (Å²) in [5, 5.41) is 16.5. The summed E-state index contributed by atoms with van der Waals surface area (Å²) in [5.41, 5.74) is 11.4. The second-order valence-electron chi connectivity index (χ2n) is 9.06. The number of ketones is 1. The first kappa shape index (κ1) is 17.3. The molecule has 28 heavy (non-hydrogen) atoms. The van der Waals surface area contributed by atoms with Crippen LogP contribution in [0.5, 0.6) is 0 Å². The highest BCUT2D eigenvalue weighted by Gasteiger charge is 2.36. The fourth-order valence-electron chi connectivity index (χ4n) is 4.53. The smallest absolute Gasteiger partial charge is 0.167 e. The average molecular weight is 378 g/mol. The zero-order valence-electron chi connectivity index (χ0n) is 16.6. The number of Topliss-reactive ketones (excluding diaryl/α,β-unsaturated/α-hetero) is 1. The minimum Gasteiger partial charge on any atom is -0.382 e. The molecule has 146 valence electrons. The molecule has 0 aliphatic heterocycles. The standard InChI is InChI=1S/C21H26N6O/c1-11-18-16(9-21(2,3)10-17(18)28)27(26-11)13-7-14(23-12-5-4-6-12)19-15(8-13)24-25-20(19)22/h7-8,12,23H,4-6,9-10H2,1-3H3,(H3,22,24,25). The molecule has 0 unspecified atom stereocenters. The third-order valence-electron chi connectivity index (χ3n) is 6.11. The Hall–Kier alpha value is -2.83. The quantitative estimate of drug-likeness (QED) is 0.644. The van der Waals surface area contributed by atoms with Gasteiger partial charge in [-0.2, -0.15) is 10.2 Å². The van der Waals surface area contributed by atoms with Gasteiger partial charge in [0.15, 0.2) is 11.6 Å². The highest BCUT2D eigenvalue weighted by Crippen LogP contribution is 2.39. The molecule has 5 rings (SSSR count). The lowest BCUT2D eigenvalue weighted by Crippen LogP contribution is -2.28. The monoisotopic (exact) mass is 378 g/mol. The minimum absolute atomic E-state index is 0.0656. The predicted octanol–water partition coefficient (Wildman–Crippen LogP) is 3.76. The molecule has 4 N–H and O–H groups in total. The molecule has 0 saturated heterocycles. The van der Waals surface area contributed by atoms with Crippen LogP contribution in [-0.4, -0.2) is 31.8 Å². The van der Waals surface area contributed by atoms with Crippen LogP contribution in [0.4, 0.5) is 11.5 Å². The number of nitrogens with zero attached hydrogens (tertiary/aromatic N) is 3. The number of carbonyl (C=O) groups excluding carboxylic acids is 1. The van der Waals surface area contributed by atoms with Crippen LogP contribution in [-0.2, 0) is 6.42 Å². The summed E-state index contributed by atoms with van der Waals surface area (Å²) in [6.07, 6.45) is 4.98. The van der Waals surface area contributed by atoms with Crippen LogP contribution < -0.4 is 11.1 Å². The number of nitrogens with one attached hydrogen (secondary N) is 2. The van der Waals surface area contributed by atoms with E-state index >= 15 is 0 Å². The molecule has 0 spiro atoms. The van der Waals surface area contributed by atoms with Gasteiger partial charge in [0.25, 0.3) is 0 Å². The first-order chi connectivity index (χ1) is 13.3. The molecular weight excluding hydrogens is 352 g/mol. The summed E-state index contributed by atoms with van der Waals surface area (Å²) in [6, 6.07) is 4.58. The molecule has 1 fully saturated rings. The van der Waals surface area contributed by atoms with Crippen molar-refractivity contribution in [3.8, 4) is 5.69 Å². The Morgan fingerprint density at radius 2 is 2.07 bits per heavy atom. The maximum absolute atomic E-state index is 12.7. The largest absolute Gasteiger partial charge is 0.382 e. The Balaban J connectivity index is 1.68. The summed E-state index contributed by atoms with van der Waals surface area (Å²) >= 11 is 0. The predicted molar refractivity (Wildman–Crippen MR) is 110 cm³/mol. The Labute approximate surface area is 163 Å². The van der Waals surface area contributed by atoms with Crippen molar-refractivity contribution >= 4 is 28.2 Å². The van der Waals surface area contributed by atoms with E-state index in [1.807, 2.05) is 17.7 Å². The summed E-state index contributed by atoms with van der Waals surface area (Å²) in [4.78, 5) is 12.7. The molecule has 0 radical (unpaired) electrons. The number of aryl methyl sites for hydroxylation is 1. The van der Waals surface area contributed by atoms with Crippen LogP contribution in [0.1, 0.15) is 61.3 Å². The van der Waals surface area contributed by atoms with E-state index in [1.165, 1.54) is 19.3 Å². The third-order valence-corrected chi connectivity index (χ3v) is 6.11. The summed E-state index contributed by atoms with van der Waals surface area (Å²) in [5.74, 6) is 0.688. The highest BCUT2D eigenvalue weighted by atomic mass is 16.1. The average Bonchev–Trinajstić information content (AvgIpc) is 3.10. The van der Waals surface area contributed by atoms with Crippen molar-refractivity contribution in [2.45, 2.75) is 58.9 Å². The maximum Gasteiger partial charge on any atom is 0.167 e. The van der Waals surface area contributed by atoms with Gasteiger partial charge in [0.2, 0.25) is 0 Å². The van der Waals surface area contributed by atoms with Crippen LogP contribution in [0, 0.1) is 12.3 Å². The maximum atomic E-state index is 12.7. The van der Waals surface area contributed by atoms with Gasteiger partial charge in [0, 0.05) is 18.2 Å². The first-order valence-corrected chi connectivity index (χ1v) is 9.98. The van der Waals surface area contributed by atoms with Gasteiger partial charge in [-0.3, -0.25) is 9.89 Å². The Morgan fingerprint density at radius 3 is 2.79 bits per heavy atom. The van der Waals surface area contributed by atoms with Gasteiger partial charge in [0.05, 0.1) is 33.5 Å². The number of aromatic amines is 1. The molecule has 1 aromatic carbocycles. The normalized spacial score (nSPS) is 18.9. The van der Waals surface area contributed by atoms with Crippen molar-refractivity contribution in [3.63, 3.8) is 0 Å². The van der Waals surface area contributed by atoms with Gasteiger partial charge >= 0.3 is 0 Å². The fourth-order valence-corrected chi connectivity index (χ4v) is 4.53. The molecule has 2 heterocycles. The van der Waals surface area contributed by atoms with E-state index in [2.05, 4.69) is 35.4 Å². The molecule has 2 aliphatic rings. The number of benzene rings is 1. The van der Waals surface area contributed by atoms with E-state index in [-0.39, 0.29) is 11.2 Å². The lowest BCUT2D eigenvalue weighted by atomic mass is 9.75. The minimum atomic E-state index is -0.0656. The second kappa shape index (κ2) is 5.83. The van der Waals surface area contributed by atoms with Gasteiger partial charge in [-0.1, -0.05) is 13.8 Å². The zero-order valence-corrected chi connectivity index (χ0v) is 16.6. The van der Waals surface area contributed by atoms with Gasteiger partial charge in [-0.15, -0.1) is 0 Å². The van der Waals surface area contributed by atoms with Gasteiger partial charge < -0.3 is 11.1 Å². The van der Waals surface area contributed by atoms with Crippen LogP contribution in [0.15, 0.2) is 12.1 Å². The van der Waals surface area contributed by atoms with Crippen molar-refractivity contribution in [3.05, 3.63) is 29.1 Å². The van der Waals surface area contributed by atoms with E-state index in [0.29, 0.717) is 18.3 Å². The topological polar surface area (TPSA) is 102 Å². The summed E-state index contributed by atoms with van der Waals surface area (Å²) in [6.45, 7) is 6.21. The summed E-state index contributed by atoms with van der Waals surface area (Å²) < 4.78 is 1.94. The third kappa shape index (κ3) is 2.60. The number of hydrogen-bond acceptors (Lipinski definition) is 5. The summed E-state index contributed by atoms with van der Waals surface area (Å²) in [7, 11) is 0. The van der Waals surface area contributed by atoms with Crippen molar-refractivity contribution in [2.75, 3.05) is 11.1 Å². The number of nitrogen functional groups attached to an aromatic ring is 1. The number of carbonyl (C=O) groups is 1. The number of rotatable bonds is 3. The van der Waals surface area contributed by atoms with Crippen molar-refractivity contribution in [1.29, 1.82) is 0 Å². The number of nitrogens with two attached hydrogens (primary N) is 1.